The van der Waals surface area contributed by atoms with Crippen molar-refractivity contribution in [1.29, 1.82) is 0 Å². The van der Waals surface area contributed by atoms with Gasteiger partial charge in [-0.1, -0.05) is 24.3 Å². The van der Waals surface area contributed by atoms with Gasteiger partial charge < -0.3 is 15.5 Å². The summed E-state index contributed by atoms with van der Waals surface area (Å²) < 4.78 is 15.0. The predicted octanol–water partition coefficient (Wildman–Crippen LogP) is 5.45. The standard InChI is InChI=1S/C26H25FN4OS/c27-22-6-2-1-5-21(22)26(32)29-19-9-11-20(12-10-19)31-15-13-18(14-16-31)28-17-25-30-23-7-3-4-8-24(23)33-25/h1-12,18,28H,13-17H2,(H,29,32). The van der Waals surface area contributed by atoms with Crippen LogP contribution in [0.15, 0.2) is 72.8 Å². The Morgan fingerprint density at radius 1 is 1.00 bits per heavy atom. The number of piperidine rings is 1. The summed E-state index contributed by atoms with van der Waals surface area (Å²) in [6.07, 6.45) is 2.13. The first kappa shape index (κ1) is 21.6. The highest BCUT2D eigenvalue weighted by molar-refractivity contribution is 7.18. The van der Waals surface area contributed by atoms with Crippen LogP contribution < -0.4 is 15.5 Å². The molecule has 5 rings (SSSR count). The van der Waals surface area contributed by atoms with Crippen molar-refractivity contribution in [1.82, 2.24) is 10.3 Å². The summed E-state index contributed by atoms with van der Waals surface area (Å²) in [5.74, 6) is -0.966. The molecule has 7 heteroatoms. The van der Waals surface area contributed by atoms with E-state index in [1.807, 2.05) is 30.3 Å². The molecular formula is C26H25FN4OS. The molecule has 0 aliphatic carbocycles. The van der Waals surface area contributed by atoms with Gasteiger partial charge in [-0.3, -0.25) is 4.79 Å². The van der Waals surface area contributed by atoms with E-state index in [0.717, 1.165) is 48.7 Å². The Morgan fingerprint density at radius 2 is 1.73 bits per heavy atom. The van der Waals surface area contributed by atoms with E-state index in [1.54, 1.807) is 23.5 Å². The monoisotopic (exact) mass is 460 g/mol. The molecule has 0 bridgehead atoms. The van der Waals surface area contributed by atoms with E-state index in [4.69, 9.17) is 4.98 Å². The van der Waals surface area contributed by atoms with Crippen LogP contribution in [0, 0.1) is 5.82 Å². The Balaban J connectivity index is 1.12. The number of benzene rings is 3. The average molecular weight is 461 g/mol. The number of fused-ring (bicyclic) bond motifs is 1. The molecule has 0 saturated carbocycles. The van der Waals surface area contributed by atoms with Crippen LogP contribution in [0.2, 0.25) is 0 Å². The van der Waals surface area contributed by atoms with E-state index in [2.05, 4.69) is 33.7 Å². The SMILES string of the molecule is O=C(Nc1ccc(N2CCC(NCc3nc4ccccc4s3)CC2)cc1)c1ccccc1F. The van der Waals surface area contributed by atoms with Gasteiger partial charge in [-0.15, -0.1) is 11.3 Å². The van der Waals surface area contributed by atoms with E-state index in [0.29, 0.717) is 11.7 Å². The molecule has 1 saturated heterocycles. The fraction of sp³-hybridized carbons (Fsp3) is 0.231. The minimum atomic E-state index is -0.522. The number of carbonyl (C=O) groups is 1. The molecule has 2 heterocycles. The van der Waals surface area contributed by atoms with E-state index in [9.17, 15) is 9.18 Å². The van der Waals surface area contributed by atoms with Crippen molar-refractivity contribution >= 4 is 38.8 Å². The van der Waals surface area contributed by atoms with Gasteiger partial charge in [0.15, 0.2) is 0 Å². The maximum absolute atomic E-state index is 13.8. The van der Waals surface area contributed by atoms with Gasteiger partial charge in [-0.25, -0.2) is 9.37 Å². The lowest BCUT2D eigenvalue weighted by molar-refractivity contribution is 0.102. The number of thiazole rings is 1. The summed E-state index contributed by atoms with van der Waals surface area (Å²) in [7, 11) is 0. The Hall–Kier alpha value is -3.29. The topological polar surface area (TPSA) is 57.3 Å². The van der Waals surface area contributed by atoms with E-state index in [1.165, 1.54) is 16.8 Å². The van der Waals surface area contributed by atoms with Crippen LogP contribution in [0.1, 0.15) is 28.2 Å². The maximum atomic E-state index is 13.8. The average Bonchev–Trinajstić information content (AvgIpc) is 3.27. The van der Waals surface area contributed by atoms with Crippen molar-refractivity contribution in [2.45, 2.75) is 25.4 Å². The maximum Gasteiger partial charge on any atom is 0.258 e. The number of para-hydroxylation sites is 1. The van der Waals surface area contributed by atoms with Crippen molar-refractivity contribution in [2.24, 2.45) is 0 Å². The van der Waals surface area contributed by atoms with Crippen molar-refractivity contribution < 1.29 is 9.18 Å². The van der Waals surface area contributed by atoms with Crippen LogP contribution in [-0.2, 0) is 6.54 Å². The number of aromatic nitrogens is 1. The van der Waals surface area contributed by atoms with Crippen molar-refractivity contribution in [3.8, 4) is 0 Å². The van der Waals surface area contributed by atoms with Gasteiger partial charge in [0.2, 0.25) is 0 Å². The number of halogens is 1. The first-order valence-corrected chi connectivity index (χ1v) is 12.0. The fourth-order valence-electron chi connectivity index (χ4n) is 4.17. The summed E-state index contributed by atoms with van der Waals surface area (Å²) in [4.78, 5) is 19.4. The Labute approximate surface area is 196 Å². The lowest BCUT2D eigenvalue weighted by Gasteiger charge is -2.34. The number of hydrogen-bond acceptors (Lipinski definition) is 5. The van der Waals surface area contributed by atoms with Crippen LogP contribution in [0.25, 0.3) is 10.2 Å². The molecule has 1 fully saturated rings. The van der Waals surface area contributed by atoms with Crippen molar-refractivity contribution in [3.05, 3.63) is 89.2 Å². The molecule has 1 aromatic heterocycles. The fourth-order valence-corrected chi connectivity index (χ4v) is 5.09. The van der Waals surface area contributed by atoms with Crippen LogP contribution >= 0.6 is 11.3 Å². The molecule has 168 valence electrons. The van der Waals surface area contributed by atoms with Gasteiger partial charge in [-0.05, 0) is 61.4 Å². The van der Waals surface area contributed by atoms with Crippen LogP contribution in [0.5, 0.6) is 0 Å². The summed E-state index contributed by atoms with van der Waals surface area (Å²) in [6.45, 7) is 2.75. The molecular weight excluding hydrogens is 435 g/mol. The van der Waals surface area contributed by atoms with Gasteiger partial charge in [-0.2, -0.15) is 0 Å². The van der Waals surface area contributed by atoms with Crippen molar-refractivity contribution in [3.63, 3.8) is 0 Å². The minimum Gasteiger partial charge on any atom is -0.371 e. The molecule has 33 heavy (non-hydrogen) atoms. The number of nitrogens with one attached hydrogen (secondary N) is 2. The highest BCUT2D eigenvalue weighted by atomic mass is 32.1. The largest absolute Gasteiger partial charge is 0.371 e. The van der Waals surface area contributed by atoms with Gasteiger partial charge >= 0.3 is 0 Å². The van der Waals surface area contributed by atoms with E-state index < -0.39 is 11.7 Å². The second kappa shape index (κ2) is 9.68. The Bertz CT molecular complexity index is 1220. The molecule has 4 aromatic rings. The number of amides is 1. The number of carbonyl (C=O) groups excluding carboxylic acids is 1. The molecule has 0 radical (unpaired) electrons. The number of rotatable bonds is 6. The molecule has 2 N–H and O–H groups in total. The zero-order valence-electron chi connectivity index (χ0n) is 18.1. The Kier molecular flexibility index (Phi) is 6.32. The molecule has 0 unspecified atom stereocenters. The first-order valence-electron chi connectivity index (χ1n) is 11.1. The van der Waals surface area contributed by atoms with Crippen molar-refractivity contribution in [2.75, 3.05) is 23.3 Å². The van der Waals surface area contributed by atoms with Gasteiger partial charge in [0.25, 0.3) is 5.91 Å². The highest BCUT2D eigenvalue weighted by Gasteiger charge is 2.20. The highest BCUT2D eigenvalue weighted by Crippen LogP contribution is 2.24. The minimum absolute atomic E-state index is 0.0435. The third kappa shape index (κ3) is 5.05. The zero-order valence-corrected chi connectivity index (χ0v) is 18.9. The quantitative estimate of drug-likeness (QED) is 0.402. The molecule has 1 aliphatic rings. The third-order valence-electron chi connectivity index (χ3n) is 5.98. The third-order valence-corrected chi connectivity index (χ3v) is 7.02. The molecule has 1 amide bonds. The summed E-state index contributed by atoms with van der Waals surface area (Å²) in [5.41, 5.74) is 2.90. The molecule has 1 aliphatic heterocycles. The Morgan fingerprint density at radius 3 is 2.48 bits per heavy atom. The summed E-state index contributed by atoms with van der Waals surface area (Å²) >= 11 is 1.75. The number of hydrogen-bond donors (Lipinski definition) is 2. The van der Waals surface area contributed by atoms with Crippen LogP contribution in [-0.4, -0.2) is 30.0 Å². The lowest BCUT2D eigenvalue weighted by Crippen LogP contribution is -2.42. The number of anilines is 2. The summed E-state index contributed by atoms with van der Waals surface area (Å²) in [5, 5.41) is 7.56. The predicted molar refractivity (Wildman–Crippen MR) is 132 cm³/mol. The van der Waals surface area contributed by atoms with Gasteiger partial charge in [0, 0.05) is 37.1 Å². The van der Waals surface area contributed by atoms with Gasteiger partial charge in [0.1, 0.15) is 10.8 Å². The van der Waals surface area contributed by atoms with Gasteiger partial charge in [0.05, 0.1) is 15.8 Å². The molecule has 3 aromatic carbocycles. The first-order chi connectivity index (χ1) is 16.2. The van der Waals surface area contributed by atoms with E-state index in [-0.39, 0.29) is 5.56 Å². The van der Waals surface area contributed by atoms with E-state index >= 15 is 0 Å². The molecule has 0 atom stereocenters. The zero-order chi connectivity index (χ0) is 22.6. The number of nitrogens with zero attached hydrogens (tertiary/aromatic N) is 2. The van der Waals surface area contributed by atoms with Crippen LogP contribution in [0.3, 0.4) is 0 Å². The molecule has 0 spiro atoms. The lowest BCUT2D eigenvalue weighted by atomic mass is 10.0. The van der Waals surface area contributed by atoms with Crippen LogP contribution in [0.4, 0.5) is 15.8 Å². The normalized spacial score (nSPS) is 14.5. The second-order valence-electron chi connectivity index (χ2n) is 8.20. The smallest absolute Gasteiger partial charge is 0.258 e. The second-order valence-corrected chi connectivity index (χ2v) is 9.31. The molecule has 5 nitrogen and oxygen atoms in total. The summed E-state index contributed by atoms with van der Waals surface area (Å²) in [6, 6.07) is 22.5.